The molecule has 0 bridgehead atoms. The maximum Gasteiger partial charge on any atom is 0.205 e. The van der Waals surface area contributed by atoms with Gasteiger partial charge in [-0.25, -0.2) is 4.98 Å². The van der Waals surface area contributed by atoms with Gasteiger partial charge in [-0.3, -0.25) is 0 Å². The lowest BCUT2D eigenvalue weighted by molar-refractivity contribution is 0.372. The molecule has 18 heavy (non-hydrogen) atoms. The molecule has 3 rings (SSSR count). The van der Waals surface area contributed by atoms with Gasteiger partial charge in [0.15, 0.2) is 0 Å². The monoisotopic (exact) mass is 248 g/mol. The Kier molecular flexibility index (Phi) is 3.55. The van der Waals surface area contributed by atoms with Crippen LogP contribution in [0.2, 0.25) is 0 Å². The highest BCUT2D eigenvalue weighted by Gasteiger charge is 2.27. The first-order valence-corrected chi connectivity index (χ1v) is 7.37. The second-order valence-electron chi connectivity index (χ2n) is 5.60. The van der Waals surface area contributed by atoms with Crippen LogP contribution in [-0.4, -0.2) is 35.7 Å². The van der Waals surface area contributed by atoms with E-state index in [2.05, 4.69) is 32.9 Å². The van der Waals surface area contributed by atoms with E-state index in [-0.39, 0.29) is 0 Å². The van der Waals surface area contributed by atoms with Crippen LogP contribution in [0.1, 0.15) is 38.6 Å². The zero-order chi connectivity index (χ0) is 12.4. The van der Waals surface area contributed by atoms with Gasteiger partial charge in [-0.2, -0.15) is 0 Å². The Morgan fingerprint density at radius 1 is 1.33 bits per heavy atom. The lowest BCUT2D eigenvalue weighted by Crippen LogP contribution is -2.37. The molecule has 0 spiro atoms. The van der Waals surface area contributed by atoms with Gasteiger partial charge >= 0.3 is 0 Å². The standard InChI is InChI=1S/C14H24N4/c1-2-17(11-12-5-7-15-8-6-12)14-16-9-10-18(14)13-3-4-13/h9-10,12-13,15H,2-8,11H2,1H3. The molecule has 1 aromatic heterocycles. The van der Waals surface area contributed by atoms with Crippen LogP contribution in [0, 0.1) is 5.92 Å². The molecule has 0 radical (unpaired) electrons. The third kappa shape index (κ3) is 2.53. The molecule has 2 aliphatic rings. The first-order valence-electron chi connectivity index (χ1n) is 7.37. The van der Waals surface area contributed by atoms with Crippen LogP contribution in [0.3, 0.4) is 0 Å². The molecule has 2 fully saturated rings. The first-order chi connectivity index (χ1) is 8.88. The summed E-state index contributed by atoms with van der Waals surface area (Å²) in [6, 6.07) is 0.726. The largest absolute Gasteiger partial charge is 0.342 e. The predicted octanol–water partition coefficient (Wildman–Crippen LogP) is 2.04. The van der Waals surface area contributed by atoms with Crippen molar-refractivity contribution in [1.29, 1.82) is 0 Å². The highest BCUT2D eigenvalue weighted by atomic mass is 15.3. The van der Waals surface area contributed by atoms with Gasteiger partial charge in [-0.1, -0.05) is 0 Å². The lowest BCUT2D eigenvalue weighted by atomic mass is 9.98. The summed E-state index contributed by atoms with van der Waals surface area (Å²) in [6.45, 7) is 6.83. The van der Waals surface area contributed by atoms with Gasteiger partial charge in [0.1, 0.15) is 0 Å². The van der Waals surface area contributed by atoms with Crippen molar-refractivity contribution in [2.75, 3.05) is 31.1 Å². The van der Waals surface area contributed by atoms with Gasteiger partial charge in [-0.15, -0.1) is 0 Å². The third-order valence-electron chi connectivity index (χ3n) is 4.19. The quantitative estimate of drug-likeness (QED) is 0.865. The number of imidazole rings is 1. The van der Waals surface area contributed by atoms with Crippen molar-refractivity contribution in [3.63, 3.8) is 0 Å². The van der Waals surface area contributed by atoms with E-state index >= 15 is 0 Å². The smallest absolute Gasteiger partial charge is 0.205 e. The first kappa shape index (κ1) is 12.0. The number of nitrogens with one attached hydrogen (secondary N) is 1. The van der Waals surface area contributed by atoms with Crippen molar-refractivity contribution < 1.29 is 0 Å². The molecule has 1 saturated heterocycles. The van der Waals surface area contributed by atoms with Gasteiger partial charge in [0.2, 0.25) is 5.95 Å². The van der Waals surface area contributed by atoms with E-state index in [1.165, 1.54) is 51.3 Å². The van der Waals surface area contributed by atoms with Crippen LogP contribution < -0.4 is 10.2 Å². The van der Waals surface area contributed by atoms with Crippen LogP contribution in [0.5, 0.6) is 0 Å². The van der Waals surface area contributed by atoms with Crippen molar-refractivity contribution in [3.8, 4) is 0 Å². The summed E-state index contributed by atoms with van der Waals surface area (Å²) in [7, 11) is 0. The molecular formula is C14H24N4. The van der Waals surface area contributed by atoms with Gasteiger partial charge in [0.05, 0.1) is 0 Å². The van der Waals surface area contributed by atoms with E-state index in [4.69, 9.17) is 0 Å². The molecule has 1 aromatic rings. The summed E-state index contributed by atoms with van der Waals surface area (Å²) in [5.74, 6) is 2.02. The summed E-state index contributed by atoms with van der Waals surface area (Å²) >= 11 is 0. The van der Waals surface area contributed by atoms with E-state index in [0.29, 0.717) is 0 Å². The van der Waals surface area contributed by atoms with E-state index in [1.807, 2.05) is 6.20 Å². The van der Waals surface area contributed by atoms with E-state index in [0.717, 1.165) is 18.5 Å². The SMILES string of the molecule is CCN(CC1CCNCC1)c1nccn1C1CC1. The molecule has 0 unspecified atom stereocenters. The number of hydrogen-bond donors (Lipinski definition) is 1. The van der Waals surface area contributed by atoms with Gasteiger partial charge in [0.25, 0.3) is 0 Å². The Hall–Kier alpha value is -1.03. The van der Waals surface area contributed by atoms with Crippen LogP contribution in [0.15, 0.2) is 12.4 Å². The van der Waals surface area contributed by atoms with Crippen molar-refractivity contribution >= 4 is 5.95 Å². The van der Waals surface area contributed by atoms with E-state index < -0.39 is 0 Å². The van der Waals surface area contributed by atoms with E-state index in [1.54, 1.807) is 0 Å². The maximum absolute atomic E-state index is 4.59. The molecule has 0 atom stereocenters. The Bertz CT molecular complexity index is 377. The van der Waals surface area contributed by atoms with Crippen LogP contribution in [0.25, 0.3) is 0 Å². The van der Waals surface area contributed by atoms with Crippen LogP contribution in [0.4, 0.5) is 5.95 Å². The summed E-state index contributed by atoms with van der Waals surface area (Å²) in [5.41, 5.74) is 0. The normalized spacial score (nSPS) is 21.2. The van der Waals surface area contributed by atoms with Crippen molar-refractivity contribution in [3.05, 3.63) is 12.4 Å². The number of hydrogen-bond acceptors (Lipinski definition) is 3. The minimum atomic E-state index is 0.726. The molecular weight excluding hydrogens is 224 g/mol. The average Bonchev–Trinajstić information content (AvgIpc) is 3.15. The number of anilines is 1. The zero-order valence-electron chi connectivity index (χ0n) is 11.3. The summed E-state index contributed by atoms with van der Waals surface area (Å²) in [6.07, 6.45) is 9.38. The zero-order valence-corrected chi connectivity index (χ0v) is 11.3. The Morgan fingerprint density at radius 2 is 2.11 bits per heavy atom. The molecule has 1 saturated carbocycles. The summed E-state index contributed by atoms with van der Waals surface area (Å²) in [5, 5.41) is 3.44. The third-order valence-corrected chi connectivity index (χ3v) is 4.19. The fraction of sp³-hybridized carbons (Fsp3) is 0.786. The van der Waals surface area contributed by atoms with Gasteiger partial charge < -0.3 is 14.8 Å². The molecule has 1 N–H and O–H groups in total. The minimum absolute atomic E-state index is 0.726. The number of aromatic nitrogens is 2. The van der Waals surface area contributed by atoms with Crippen molar-refractivity contribution in [1.82, 2.24) is 14.9 Å². The topological polar surface area (TPSA) is 33.1 Å². The maximum atomic E-state index is 4.59. The second-order valence-corrected chi connectivity index (χ2v) is 5.60. The highest BCUT2D eigenvalue weighted by Crippen LogP contribution is 2.37. The van der Waals surface area contributed by atoms with Crippen LogP contribution >= 0.6 is 0 Å². The molecule has 2 heterocycles. The Labute approximate surface area is 109 Å². The Balaban J connectivity index is 1.68. The minimum Gasteiger partial charge on any atom is -0.342 e. The second kappa shape index (κ2) is 5.31. The van der Waals surface area contributed by atoms with E-state index in [9.17, 15) is 0 Å². The molecule has 1 aliphatic heterocycles. The Morgan fingerprint density at radius 3 is 2.78 bits per heavy atom. The average molecular weight is 248 g/mol. The summed E-state index contributed by atoms with van der Waals surface area (Å²) < 4.78 is 2.38. The van der Waals surface area contributed by atoms with Crippen molar-refractivity contribution in [2.45, 2.75) is 38.6 Å². The molecule has 1 aliphatic carbocycles. The van der Waals surface area contributed by atoms with Gasteiger partial charge in [0, 0.05) is 31.5 Å². The number of nitrogens with zero attached hydrogens (tertiary/aromatic N) is 3. The fourth-order valence-electron chi connectivity index (χ4n) is 2.92. The van der Waals surface area contributed by atoms with Gasteiger partial charge in [-0.05, 0) is 51.6 Å². The molecule has 0 aromatic carbocycles. The molecule has 4 nitrogen and oxygen atoms in total. The van der Waals surface area contributed by atoms with Crippen molar-refractivity contribution in [2.24, 2.45) is 5.92 Å². The predicted molar refractivity (Wildman–Crippen MR) is 74.0 cm³/mol. The number of piperidine rings is 1. The highest BCUT2D eigenvalue weighted by molar-refractivity contribution is 5.32. The molecule has 0 amide bonds. The number of rotatable bonds is 5. The lowest BCUT2D eigenvalue weighted by Gasteiger charge is -2.30. The molecule has 100 valence electrons. The fourth-order valence-corrected chi connectivity index (χ4v) is 2.92. The summed E-state index contributed by atoms with van der Waals surface area (Å²) in [4.78, 5) is 7.05. The van der Waals surface area contributed by atoms with Crippen LogP contribution in [-0.2, 0) is 0 Å². The molecule has 4 heteroatoms.